The number of hydrogen-bond acceptors (Lipinski definition) is 6. The average Bonchev–Trinajstić information content (AvgIpc) is 3.28. The van der Waals surface area contributed by atoms with Gasteiger partial charge in [-0.2, -0.15) is 10.4 Å². The highest BCUT2D eigenvalue weighted by molar-refractivity contribution is 5.64. The smallest absolute Gasteiger partial charge is 0.181 e. The van der Waals surface area contributed by atoms with Crippen LogP contribution < -0.4 is 9.47 Å². The lowest BCUT2D eigenvalue weighted by Crippen LogP contribution is -1.98. The van der Waals surface area contributed by atoms with Gasteiger partial charge in [0.15, 0.2) is 11.6 Å². The summed E-state index contributed by atoms with van der Waals surface area (Å²) in [5, 5.41) is 16.8. The second-order valence-electron chi connectivity index (χ2n) is 6.65. The molecule has 0 aliphatic carbocycles. The zero-order valence-electron chi connectivity index (χ0n) is 16.6. The van der Waals surface area contributed by atoms with Crippen LogP contribution in [0.3, 0.4) is 0 Å². The van der Waals surface area contributed by atoms with Crippen LogP contribution in [-0.2, 0) is 6.61 Å². The van der Waals surface area contributed by atoms with E-state index in [1.807, 2.05) is 49.4 Å². The summed E-state index contributed by atoms with van der Waals surface area (Å²) >= 11 is 0. The molecule has 0 amide bonds. The maximum atomic E-state index is 9.57. The number of rotatable bonds is 6. The molecule has 0 bridgehead atoms. The molecule has 7 heteroatoms. The van der Waals surface area contributed by atoms with E-state index in [9.17, 15) is 5.26 Å². The van der Waals surface area contributed by atoms with Gasteiger partial charge >= 0.3 is 0 Å². The van der Waals surface area contributed by atoms with Crippen molar-refractivity contribution in [2.75, 3.05) is 7.11 Å². The molecule has 4 aromatic rings. The SMILES string of the molecule is COc1ccc(COc2ccc(-c3nc(-c4ccnc(C)c4)n[nH]3)cc2C#N)cc1. The van der Waals surface area contributed by atoms with Gasteiger partial charge in [0, 0.05) is 23.0 Å². The largest absolute Gasteiger partial charge is 0.497 e. The number of nitrogens with zero attached hydrogens (tertiary/aromatic N) is 4. The summed E-state index contributed by atoms with van der Waals surface area (Å²) in [4.78, 5) is 8.74. The van der Waals surface area contributed by atoms with Crippen LogP contribution in [-0.4, -0.2) is 27.3 Å². The molecule has 0 aliphatic rings. The number of methoxy groups -OCH3 is 1. The molecule has 0 spiro atoms. The number of benzene rings is 2. The number of aromatic nitrogens is 4. The predicted octanol–water partition coefficient (Wildman–Crippen LogP) is 4.30. The maximum absolute atomic E-state index is 9.57. The number of ether oxygens (including phenoxy) is 2. The Morgan fingerprint density at radius 2 is 1.87 bits per heavy atom. The highest BCUT2D eigenvalue weighted by atomic mass is 16.5. The first-order valence-corrected chi connectivity index (χ1v) is 9.32. The Bertz CT molecular complexity index is 1210. The van der Waals surface area contributed by atoms with Crippen molar-refractivity contribution in [3.05, 3.63) is 77.6 Å². The van der Waals surface area contributed by atoms with E-state index < -0.39 is 0 Å². The highest BCUT2D eigenvalue weighted by Gasteiger charge is 2.12. The molecule has 7 nitrogen and oxygen atoms in total. The van der Waals surface area contributed by atoms with Gasteiger partial charge in [0.1, 0.15) is 24.2 Å². The highest BCUT2D eigenvalue weighted by Crippen LogP contribution is 2.26. The Morgan fingerprint density at radius 1 is 1.03 bits per heavy atom. The summed E-state index contributed by atoms with van der Waals surface area (Å²) < 4.78 is 11.0. The van der Waals surface area contributed by atoms with Crippen molar-refractivity contribution >= 4 is 0 Å². The van der Waals surface area contributed by atoms with Crippen LogP contribution in [0, 0.1) is 18.3 Å². The minimum Gasteiger partial charge on any atom is -0.497 e. The predicted molar refractivity (Wildman–Crippen MR) is 112 cm³/mol. The van der Waals surface area contributed by atoms with Gasteiger partial charge < -0.3 is 9.47 Å². The fourth-order valence-corrected chi connectivity index (χ4v) is 2.98. The molecular weight excluding hydrogens is 378 g/mol. The van der Waals surface area contributed by atoms with Crippen molar-refractivity contribution in [2.45, 2.75) is 13.5 Å². The number of nitriles is 1. The van der Waals surface area contributed by atoms with Gasteiger partial charge in [0.05, 0.1) is 12.7 Å². The molecule has 0 radical (unpaired) electrons. The molecule has 0 saturated carbocycles. The number of aryl methyl sites for hydroxylation is 1. The second-order valence-corrected chi connectivity index (χ2v) is 6.65. The number of hydrogen-bond donors (Lipinski definition) is 1. The van der Waals surface area contributed by atoms with Gasteiger partial charge in [-0.3, -0.25) is 10.1 Å². The topological polar surface area (TPSA) is 96.7 Å². The molecule has 30 heavy (non-hydrogen) atoms. The summed E-state index contributed by atoms with van der Waals surface area (Å²) in [6.45, 7) is 2.27. The van der Waals surface area contributed by atoms with Gasteiger partial charge in [0.25, 0.3) is 0 Å². The van der Waals surface area contributed by atoms with Gasteiger partial charge in [-0.05, 0) is 55.0 Å². The van der Waals surface area contributed by atoms with E-state index in [-0.39, 0.29) is 0 Å². The fourth-order valence-electron chi connectivity index (χ4n) is 2.98. The molecule has 1 N–H and O–H groups in total. The Labute approximate surface area is 174 Å². The molecule has 2 aromatic heterocycles. The number of nitrogens with one attached hydrogen (secondary N) is 1. The lowest BCUT2D eigenvalue weighted by atomic mass is 10.1. The summed E-state index contributed by atoms with van der Waals surface area (Å²) in [5.41, 5.74) is 3.94. The Hall–Kier alpha value is -4.18. The van der Waals surface area contributed by atoms with Gasteiger partial charge in [-0.15, -0.1) is 0 Å². The van der Waals surface area contributed by atoms with Crippen LogP contribution in [0.5, 0.6) is 11.5 Å². The molecule has 0 unspecified atom stereocenters. The maximum Gasteiger partial charge on any atom is 0.181 e. The lowest BCUT2D eigenvalue weighted by Gasteiger charge is -2.09. The van der Waals surface area contributed by atoms with Crippen molar-refractivity contribution in [1.29, 1.82) is 5.26 Å². The van der Waals surface area contributed by atoms with E-state index in [1.165, 1.54) is 0 Å². The van der Waals surface area contributed by atoms with Crippen molar-refractivity contribution in [1.82, 2.24) is 20.2 Å². The monoisotopic (exact) mass is 397 g/mol. The molecule has 148 valence electrons. The first-order chi connectivity index (χ1) is 14.7. The van der Waals surface area contributed by atoms with Crippen LogP contribution in [0.25, 0.3) is 22.8 Å². The van der Waals surface area contributed by atoms with E-state index in [0.717, 1.165) is 28.1 Å². The summed E-state index contributed by atoms with van der Waals surface area (Å²) in [6, 6.07) is 18.9. The minimum absolute atomic E-state index is 0.353. The Balaban J connectivity index is 1.53. The zero-order valence-corrected chi connectivity index (χ0v) is 16.6. The molecule has 0 aliphatic heterocycles. The Morgan fingerprint density at radius 3 is 2.60 bits per heavy atom. The van der Waals surface area contributed by atoms with Crippen LogP contribution in [0.4, 0.5) is 0 Å². The summed E-state index contributed by atoms with van der Waals surface area (Å²) in [6.07, 6.45) is 1.73. The van der Waals surface area contributed by atoms with Crippen LogP contribution in [0.1, 0.15) is 16.8 Å². The van der Waals surface area contributed by atoms with Crippen molar-refractivity contribution in [3.63, 3.8) is 0 Å². The van der Waals surface area contributed by atoms with Crippen molar-refractivity contribution in [3.8, 4) is 40.3 Å². The second kappa shape index (κ2) is 8.45. The van der Waals surface area contributed by atoms with Crippen LogP contribution >= 0.6 is 0 Å². The van der Waals surface area contributed by atoms with Crippen molar-refractivity contribution < 1.29 is 9.47 Å². The third-order valence-electron chi connectivity index (χ3n) is 4.57. The van der Waals surface area contributed by atoms with E-state index in [2.05, 4.69) is 26.2 Å². The van der Waals surface area contributed by atoms with Crippen LogP contribution in [0.2, 0.25) is 0 Å². The number of pyridine rings is 1. The molecule has 4 rings (SSSR count). The molecule has 0 atom stereocenters. The van der Waals surface area contributed by atoms with Gasteiger partial charge in [-0.1, -0.05) is 12.1 Å². The van der Waals surface area contributed by atoms with E-state index >= 15 is 0 Å². The first kappa shape index (κ1) is 19.2. The molecule has 2 heterocycles. The Kier molecular flexibility index (Phi) is 5.39. The zero-order chi connectivity index (χ0) is 20.9. The number of aromatic amines is 1. The van der Waals surface area contributed by atoms with E-state index in [1.54, 1.807) is 25.4 Å². The third-order valence-corrected chi connectivity index (χ3v) is 4.57. The molecule has 2 aromatic carbocycles. The molecule has 0 fully saturated rings. The first-order valence-electron chi connectivity index (χ1n) is 9.32. The lowest BCUT2D eigenvalue weighted by molar-refractivity contribution is 0.305. The minimum atomic E-state index is 0.353. The summed E-state index contributed by atoms with van der Waals surface area (Å²) in [7, 11) is 1.63. The summed E-state index contributed by atoms with van der Waals surface area (Å²) in [5.74, 6) is 2.46. The normalized spacial score (nSPS) is 10.4. The van der Waals surface area contributed by atoms with Crippen molar-refractivity contribution in [2.24, 2.45) is 0 Å². The fraction of sp³-hybridized carbons (Fsp3) is 0.130. The number of H-pyrrole nitrogens is 1. The van der Waals surface area contributed by atoms with Crippen LogP contribution in [0.15, 0.2) is 60.8 Å². The standard InChI is InChI=1S/C23H19N5O2/c1-15-11-18(9-10-25-15)23-26-22(27-28-23)17-5-8-21(19(12-17)13-24)30-14-16-3-6-20(29-2)7-4-16/h3-12H,14H2,1-2H3,(H,26,27,28). The van der Waals surface area contributed by atoms with E-state index in [0.29, 0.717) is 29.6 Å². The molecular formula is C23H19N5O2. The van der Waals surface area contributed by atoms with E-state index in [4.69, 9.17) is 9.47 Å². The average molecular weight is 397 g/mol. The molecule has 0 saturated heterocycles. The van der Waals surface area contributed by atoms with Gasteiger partial charge in [-0.25, -0.2) is 4.98 Å². The third kappa shape index (κ3) is 4.13. The quantitative estimate of drug-likeness (QED) is 0.521. The van der Waals surface area contributed by atoms with Gasteiger partial charge in [0.2, 0.25) is 0 Å².